The van der Waals surface area contributed by atoms with Crippen molar-refractivity contribution in [3.8, 4) is 0 Å². The van der Waals surface area contributed by atoms with Crippen LogP contribution >= 0.6 is 0 Å². The Kier molecular flexibility index (Phi) is 5.86. The summed E-state index contributed by atoms with van der Waals surface area (Å²) < 4.78 is 4.90. The van der Waals surface area contributed by atoms with Crippen LogP contribution in [-0.2, 0) is 14.3 Å². The molecule has 2 rings (SSSR count). The molecule has 0 radical (unpaired) electrons. The molecule has 2 aliphatic rings. The van der Waals surface area contributed by atoms with Crippen molar-refractivity contribution in [1.82, 2.24) is 5.32 Å². The number of hydrogen-bond acceptors (Lipinski definition) is 3. The van der Waals surface area contributed by atoms with Crippen LogP contribution in [0.4, 0.5) is 0 Å². The molecule has 2 fully saturated rings. The van der Waals surface area contributed by atoms with Gasteiger partial charge in [-0.1, -0.05) is 38.5 Å². The van der Waals surface area contributed by atoms with Gasteiger partial charge in [0.1, 0.15) is 6.04 Å². The van der Waals surface area contributed by atoms with Gasteiger partial charge in [0.25, 0.3) is 0 Å². The topological polar surface area (TPSA) is 55.4 Å². The van der Waals surface area contributed by atoms with E-state index < -0.39 is 6.04 Å². The average molecular weight is 281 g/mol. The molecule has 20 heavy (non-hydrogen) atoms. The molecule has 0 aromatic rings. The lowest BCUT2D eigenvalue weighted by Crippen LogP contribution is -2.49. The predicted molar refractivity (Wildman–Crippen MR) is 77.1 cm³/mol. The summed E-state index contributed by atoms with van der Waals surface area (Å²) in [7, 11) is 1.41. The first kappa shape index (κ1) is 15.3. The quantitative estimate of drug-likeness (QED) is 0.806. The maximum absolute atomic E-state index is 12.4. The van der Waals surface area contributed by atoms with Crippen molar-refractivity contribution in [3.05, 3.63) is 0 Å². The van der Waals surface area contributed by atoms with Gasteiger partial charge in [0.15, 0.2) is 0 Å². The van der Waals surface area contributed by atoms with Crippen molar-refractivity contribution in [1.29, 1.82) is 0 Å². The number of rotatable bonds is 4. The highest BCUT2D eigenvalue weighted by Gasteiger charge is 2.33. The van der Waals surface area contributed by atoms with E-state index in [4.69, 9.17) is 4.74 Å². The highest BCUT2D eigenvalue weighted by atomic mass is 16.5. The van der Waals surface area contributed by atoms with Crippen molar-refractivity contribution in [3.63, 3.8) is 0 Å². The van der Waals surface area contributed by atoms with Gasteiger partial charge in [-0.15, -0.1) is 0 Å². The molecule has 0 aliphatic heterocycles. The SMILES string of the molecule is COC(=O)[C@H](NC(=O)C1CCCCC1)C1CCCCC1. The van der Waals surface area contributed by atoms with Crippen LogP contribution in [0.1, 0.15) is 64.2 Å². The van der Waals surface area contributed by atoms with Gasteiger partial charge in [-0.2, -0.15) is 0 Å². The van der Waals surface area contributed by atoms with E-state index in [1.165, 1.54) is 20.0 Å². The van der Waals surface area contributed by atoms with Crippen LogP contribution in [0.3, 0.4) is 0 Å². The Labute approximate surface area is 121 Å². The fraction of sp³-hybridized carbons (Fsp3) is 0.875. The molecule has 0 heterocycles. The molecule has 1 amide bonds. The molecule has 1 N–H and O–H groups in total. The number of carbonyl (C=O) groups excluding carboxylic acids is 2. The highest BCUT2D eigenvalue weighted by Crippen LogP contribution is 2.28. The molecule has 4 nitrogen and oxygen atoms in total. The summed E-state index contributed by atoms with van der Waals surface area (Å²) in [5.74, 6) is 0.134. The van der Waals surface area contributed by atoms with Crippen LogP contribution in [0.2, 0.25) is 0 Å². The van der Waals surface area contributed by atoms with Crippen LogP contribution in [0.15, 0.2) is 0 Å². The summed E-state index contributed by atoms with van der Waals surface area (Å²) in [6.45, 7) is 0. The van der Waals surface area contributed by atoms with Gasteiger partial charge in [0.2, 0.25) is 5.91 Å². The molecule has 1 atom stereocenters. The summed E-state index contributed by atoms with van der Waals surface area (Å²) in [6.07, 6.45) is 11.0. The summed E-state index contributed by atoms with van der Waals surface area (Å²) in [5.41, 5.74) is 0. The highest BCUT2D eigenvalue weighted by molar-refractivity contribution is 5.86. The summed E-state index contributed by atoms with van der Waals surface area (Å²) in [5, 5.41) is 2.99. The standard InChI is InChI=1S/C16H27NO3/c1-20-16(19)14(12-8-4-2-5-9-12)17-15(18)13-10-6-3-7-11-13/h12-14H,2-11H2,1H3,(H,17,18)/t14-/m1/s1. The van der Waals surface area contributed by atoms with Gasteiger partial charge in [0.05, 0.1) is 7.11 Å². The largest absolute Gasteiger partial charge is 0.467 e. The molecule has 0 bridgehead atoms. The van der Waals surface area contributed by atoms with Crippen molar-refractivity contribution in [2.24, 2.45) is 11.8 Å². The van der Waals surface area contributed by atoms with Gasteiger partial charge >= 0.3 is 5.97 Å². The maximum atomic E-state index is 12.4. The van der Waals surface area contributed by atoms with Gasteiger partial charge in [-0.05, 0) is 31.6 Å². The molecular weight excluding hydrogens is 254 g/mol. The molecule has 114 valence electrons. The van der Waals surface area contributed by atoms with Gasteiger partial charge in [-0.3, -0.25) is 4.79 Å². The summed E-state index contributed by atoms with van der Waals surface area (Å²) in [4.78, 5) is 24.3. The van der Waals surface area contributed by atoms with Crippen molar-refractivity contribution >= 4 is 11.9 Å². The van der Waals surface area contributed by atoms with E-state index in [1.807, 2.05) is 0 Å². The Morgan fingerprint density at radius 3 is 2.05 bits per heavy atom. The van der Waals surface area contributed by atoms with E-state index in [-0.39, 0.29) is 23.7 Å². The minimum absolute atomic E-state index is 0.0608. The van der Waals surface area contributed by atoms with E-state index >= 15 is 0 Å². The fourth-order valence-corrected chi connectivity index (χ4v) is 3.60. The summed E-state index contributed by atoms with van der Waals surface area (Å²) >= 11 is 0. The normalized spacial score (nSPS) is 23.1. The first-order valence-electron chi connectivity index (χ1n) is 8.10. The number of ether oxygens (including phenoxy) is 1. The molecule has 0 spiro atoms. The lowest BCUT2D eigenvalue weighted by molar-refractivity contribution is -0.147. The predicted octanol–water partition coefficient (Wildman–Crippen LogP) is 2.80. The fourth-order valence-electron chi connectivity index (χ4n) is 3.60. The molecular formula is C16H27NO3. The molecule has 4 heteroatoms. The van der Waals surface area contributed by atoms with Crippen LogP contribution in [0.5, 0.6) is 0 Å². The van der Waals surface area contributed by atoms with E-state index in [0.29, 0.717) is 0 Å². The minimum atomic E-state index is -0.435. The second-order valence-electron chi connectivity index (χ2n) is 6.24. The first-order valence-corrected chi connectivity index (χ1v) is 8.10. The zero-order valence-electron chi connectivity index (χ0n) is 12.5. The molecule has 2 aliphatic carbocycles. The van der Waals surface area contributed by atoms with Crippen LogP contribution in [-0.4, -0.2) is 25.0 Å². The van der Waals surface area contributed by atoms with E-state index in [9.17, 15) is 9.59 Å². The number of esters is 1. The molecule has 2 saturated carbocycles. The molecule has 0 aromatic carbocycles. The summed E-state index contributed by atoms with van der Waals surface area (Å²) in [6, 6.07) is -0.435. The van der Waals surface area contributed by atoms with Gasteiger partial charge < -0.3 is 10.1 Å². The Balaban J connectivity index is 1.95. The maximum Gasteiger partial charge on any atom is 0.328 e. The number of carbonyl (C=O) groups is 2. The number of methoxy groups -OCH3 is 1. The number of hydrogen-bond donors (Lipinski definition) is 1. The van der Waals surface area contributed by atoms with Crippen molar-refractivity contribution in [2.75, 3.05) is 7.11 Å². The van der Waals surface area contributed by atoms with Crippen molar-refractivity contribution < 1.29 is 14.3 Å². The van der Waals surface area contributed by atoms with Gasteiger partial charge in [0, 0.05) is 5.92 Å². The van der Waals surface area contributed by atoms with E-state index in [2.05, 4.69) is 5.32 Å². The number of nitrogens with one attached hydrogen (secondary N) is 1. The van der Waals surface area contributed by atoms with E-state index in [0.717, 1.165) is 51.4 Å². The van der Waals surface area contributed by atoms with Crippen molar-refractivity contribution in [2.45, 2.75) is 70.3 Å². The third-order valence-electron chi connectivity index (χ3n) is 4.85. The molecule has 0 saturated heterocycles. The monoisotopic (exact) mass is 281 g/mol. The number of amides is 1. The Bertz CT molecular complexity index is 331. The lowest BCUT2D eigenvalue weighted by atomic mass is 9.83. The lowest BCUT2D eigenvalue weighted by Gasteiger charge is -2.30. The van der Waals surface area contributed by atoms with E-state index in [1.54, 1.807) is 0 Å². The minimum Gasteiger partial charge on any atom is -0.467 e. The average Bonchev–Trinajstić information content (AvgIpc) is 2.53. The second kappa shape index (κ2) is 7.65. The molecule has 0 aromatic heterocycles. The third kappa shape index (κ3) is 3.97. The van der Waals surface area contributed by atoms with Crippen LogP contribution in [0.25, 0.3) is 0 Å². The van der Waals surface area contributed by atoms with Crippen LogP contribution < -0.4 is 5.32 Å². The smallest absolute Gasteiger partial charge is 0.328 e. The third-order valence-corrected chi connectivity index (χ3v) is 4.85. The first-order chi connectivity index (χ1) is 9.72. The zero-order chi connectivity index (χ0) is 14.4. The Hall–Kier alpha value is -1.06. The molecule has 0 unspecified atom stereocenters. The zero-order valence-corrected chi connectivity index (χ0v) is 12.5. The van der Waals surface area contributed by atoms with Gasteiger partial charge in [-0.25, -0.2) is 4.79 Å². The Morgan fingerprint density at radius 1 is 0.950 bits per heavy atom. The Morgan fingerprint density at radius 2 is 1.50 bits per heavy atom. The second-order valence-corrected chi connectivity index (χ2v) is 6.24. The van der Waals surface area contributed by atoms with Crippen LogP contribution in [0, 0.1) is 11.8 Å².